The van der Waals surface area contributed by atoms with Gasteiger partial charge in [0.05, 0.1) is 10.9 Å². The highest BCUT2D eigenvalue weighted by Crippen LogP contribution is 2.31. The molecule has 1 fully saturated rings. The summed E-state index contributed by atoms with van der Waals surface area (Å²) >= 11 is 0. The fourth-order valence-electron chi connectivity index (χ4n) is 4.10. The van der Waals surface area contributed by atoms with Gasteiger partial charge in [-0.1, -0.05) is 6.07 Å². The van der Waals surface area contributed by atoms with E-state index >= 15 is 0 Å². The minimum atomic E-state index is -3.99. The predicted molar refractivity (Wildman–Crippen MR) is 123 cm³/mol. The van der Waals surface area contributed by atoms with Crippen molar-refractivity contribution in [3.8, 4) is 0 Å². The van der Waals surface area contributed by atoms with Crippen molar-refractivity contribution >= 4 is 33.3 Å². The standard InChI is InChI=1S/C23H27FN4O4S/c1-15-5-6-18(14-20(15)24)25-22(29)16(2)26-33(31,32)19-7-8-21-17(13-19)9-12-28(21)23(30)27-10-3-4-11-27/h5-8,13-14,16,26H,3-4,9-12H2,1-2H3,(H,25,29). The van der Waals surface area contributed by atoms with E-state index in [2.05, 4.69) is 10.0 Å². The van der Waals surface area contributed by atoms with Gasteiger partial charge in [-0.15, -0.1) is 0 Å². The maximum Gasteiger partial charge on any atom is 0.324 e. The van der Waals surface area contributed by atoms with Gasteiger partial charge in [-0.3, -0.25) is 9.69 Å². The van der Waals surface area contributed by atoms with Crippen molar-refractivity contribution in [1.82, 2.24) is 9.62 Å². The van der Waals surface area contributed by atoms with E-state index in [1.807, 2.05) is 4.90 Å². The number of rotatable bonds is 5. The Bertz CT molecular complexity index is 1190. The van der Waals surface area contributed by atoms with E-state index in [9.17, 15) is 22.4 Å². The van der Waals surface area contributed by atoms with Gasteiger partial charge in [-0.2, -0.15) is 4.72 Å². The first kappa shape index (κ1) is 23.2. The summed E-state index contributed by atoms with van der Waals surface area (Å²) in [6.45, 7) is 5.02. The average Bonchev–Trinajstić information content (AvgIpc) is 3.45. The summed E-state index contributed by atoms with van der Waals surface area (Å²) in [5.74, 6) is -1.07. The van der Waals surface area contributed by atoms with E-state index in [0.29, 0.717) is 18.5 Å². The van der Waals surface area contributed by atoms with Crippen molar-refractivity contribution in [3.05, 3.63) is 53.3 Å². The molecule has 0 aromatic heterocycles. The van der Waals surface area contributed by atoms with Crippen LogP contribution in [0.15, 0.2) is 41.3 Å². The molecule has 1 atom stereocenters. The monoisotopic (exact) mass is 474 g/mol. The second kappa shape index (κ2) is 9.11. The molecule has 2 aromatic rings. The van der Waals surface area contributed by atoms with Crippen molar-refractivity contribution in [1.29, 1.82) is 0 Å². The van der Waals surface area contributed by atoms with E-state index in [1.54, 1.807) is 30.0 Å². The van der Waals surface area contributed by atoms with E-state index < -0.39 is 27.8 Å². The molecule has 2 aliphatic heterocycles. The second-order valence-electron chi connectivity index (χ2n) is 8.47. The van der Waals surface area contributed by atoms with Crippen LogP contribution in [-0.4, -0.2) is 50.9 Å². The Balaban J connectivity index is 1.44. The van der Waals surface area contributed by atoms with Crippen LogP contribution in [0.1, 0.15) is 30.9 Å². The molecule has 10 heteroatoms. The predicted octanol–water partition coefficient (Wildman–Crippen LogP) is 3.02. The summed E-state index contributed by atoms with van der Waals surface area (Å²) in [7, 11) is -3.99. The quantitative estimate of drug-likeness (QED) is 0.696. The molecule has 0 radical (unpaired) electrons. The number of carbonyl (C=O) groups is 2. The summed E-state index contributed by atoms with van der Waals surface area (Å²) in [6.07, 6.45) is 2.56. The third-order valence-electron chi connectivity index (χ3n) is 6.03. The molecule has 0 bridgehead atoms. The van der Waals surface area contributed by atoms with Crippen LogP contribution < -0.4 is 14.9 Å². The number of fused-ring (bicyclic) bond motifs is 1. The highest BCUT2D eigenvalue weighted by Gasteiger charge is 2.31. The number of sulfonamides is 1. The fourth-order valence-corrected chi connectivity index (χ4v) is 5.35. The number of anilines is 2. The van der Waals surface area contributed by atoms with Gasteiger partial charge in [0.15, 0.2) is 0 Å². The first-order chi connectivity index (χ1) is 15.7. The number of nitrogens with one attached hydrogen (secondary N) is 2. The molecular weight excluding hydrogens is 447 g/mol. The van der Waals surface area contributed by atoms with E-state index in [0.717, 1.165) is 37.2 Å². The third-order valence-corrected chi connectivity index (χ3v) is 7.57. The Morgan fingerprint density at radius 3 is 2.48 bits per heavy atom. The topological polar surface area (TPSA) is 98.8 Å². The summed E-state index contributed by atoms with van der Waals surface area (Å²) in [5.41, 5.74) is 2.18. The Morgan fingerprint density at radius 1 is 1.06 bits per heavy atom. The Hall–Kier alpha value is -2.98. The summed E-state index contributed by atoms with van der Waals surface area (Å²) < 4.78 is 41.8. The number of amides is 3. The molecule has 2 heterocycles. The minimum Gasteiger partial charge on any atom is -0.325 e. The van der Waals surface area contributed by atoms with Crippen LogP contribution in [0, 0.1) is 12.7 Å². The van der Waals surface area contributed by atoms with Gasteiger partial charge in [0.1, 0.15) is 5.82 Å². The number of nitrogens with zero attached hydrogens (tertiary/aromatic N) is 2. The Morgan fingerprint density at radius 2 is 1.79 bits per heavy atom. The number of aryl methyl sites for hydroxylation is 1. The summed E-state index contributed by atoms with van der Waals surface area (Å²) in [4.78, 5) is 28.7. The zero-order chi connectivity index (χ0) is 23.8. The van der Waals surface area contributed by atoms with Crippen molar-refractivity contribution in [3.63, 3.8) is 0 Å². The lowest BCUT2D eigenvalue weighted by molar-refractivity contribution is -0.117. The molecule has 0 saturated carbocycles. The van der Waals surface area contributed by atoms with Crippen LogP contribution in [0.5, 0.6) is 0 Å². The molecule has 2 N–H and O–H groups in total. The van der Waals surface area contributed by atoms with Gasteiger partial charge in [-0.05, 0) is 74.6 Å². The van der Waals surface area contributed by atoms with Crippen LogP contribution in [-0.2, 0) is 21.2 Å². The average molecular weight is 475 g/mol. The van der Waals surface area contributed by atoms with Crippen LogP contribution in [0.3, 0.4) is 0 Å². The van der Waals surface area contributed by atoms with Gasteiger partial charge in [-0.25, -0.2) is 17.6 Å². The van der Waals surface area contributed by atoms with Crippen LogP contribution in [0.25, 0.3) is 0 Å². The van der Waals surface area contributed by atoms with E-state index in [-0.39, 0.29) is 16.6 Å². The molecule has 1 saturated heterocycles. The molecule has 2 aliphatic rings. The van der Waals surface area contributed by atoms with Crippen LogP contribution >= 0.6 is 0 Å². The fraction of sp³-hybridized carbons (Fsp3) is 0.391. The maximum absolute atomic E-state index is 13.7. The molecule has 1 unspecified atom stereocenters. The van der Waals surface area contributed by atoms with E-state index in [4.69, 9.17) is 0 Å². The zero-order valence-corrected chi connectivity index (χ0v) is 19.4. The SMILES string of the molecule is Cc1ccc(NC(=O)C(C)NS(=O)(=O)c2ccc3c(c2)CCN3C(=O)N2CCCC2)cc1F. The number of hydrogen-bond acceptors (Lipinski definition) is 4. The highest BCUT2D eigenvalue weighted by atomic mass is 32.2. The molecular formula is C23H27FN4O4S. The van der Waals surface area contributed by atoms with Gasteiger partial charge in [0.25, 0.3) is 0 Å². The van der Waals surface area contributed by atoms with Crippen molar-refractivity contribution in [2.24, 2.45) is 0 Å². The van der Waals surface area contributed by atoms with Crippen LogP contribution in [0.2, 0.25) is 0 Å². The smallest absolute Gasteiger partial charge is 0.324 e. The molecule has 0 aliphatic carbocycles. The molecule has 176 valence electrons. The Labute approximate surface area is 192 Å². The number of likely N-dealkylation sites (tertiary alicyclic amines) is 1. The number of hydrogen-bond donors (Lipinski definition) is 2. The summed E-state index contributed by atoms with van der Waals surface area (Å²) in [6, 6.07) is 7.77. The van der Waals surface area contributed by atoms with Gasteiger partial charge in [0.2, 0.25) is 15.9 Å². The second-order valence-corrected chi connectivity index (χ2v) is 10.2. The zero-order valence-electron chi connectivity index (χ0n) is 18.6. The molecule has 0 spiro atoms. The lowest BCUT2D eigenvalue weighted by atomic mass is 10.2. The largest absolute Gasteiger partial charge is 0.325 e. The first-order valence-electron chi connectivity index (χ1n) is 10.9. The lowest BCUT2D eigenvalue weighted by Crippen LogP contribution is -2.41. The van der Waals surface area contributed by atoms with Gasteiger partial charge < -0.3 is 10.2 Å². The van der Waals surface area contributed by atoms with Crippen molar-refractivity contribution < 1.29 is 22.4 Å². The Kier molecular flexibility index (Phi) is 6.40. The third kappa shape index (κ3) is 4.86. The van der Waals surface area contributed by atoms with Gasteiger partial charge in [0, 0.05) is 31.0 Å². The molecule has 8 nitrogen and oxygen atoms in total. The number of urea groups is 1. The normalized spacial score (nSPS) is 16.6. The van der Waals surface area contributed by atoms with Crippen molar-refractivity contribution in [2.45, 2.75) is 44.0 Å². The highest BCUT2D eigenvalue weighted by molar-refractivity contribution is 7.89. The van der Waals surface area contributed by atoms with Gasteiger partial charge >= 0.3 is 6.03 Å². The molecule has 4 rings (SSSR count). The maximum atomic E-state index is 13.7. The van der Waals surface area contributed by atoms with Crippen LogP contribution in [0.4, 0.5) is 20.6 Å². The number of halogens is 1. The first-order valence-corrected chi connectivity index (χ1v) is 12.4. The van der Waals surface area contributed by atoms with Crippen molar-refractivity contribution in [2.75, 3.05) is 29.9 Å². The summed E-state index contributed by atoms with van der Waals surface area (Å²) in [5, 5.41) is 2.52. The van der Waals surface area contributed by atoms with E-state index in [1.165, 1.54) is 25.1 Å². The lowest BCUT2D eigenvalue weighted by Gasteiger charge is -2.24. The number of benzene rings is 2. The molecule has 3 amide bonds. The molecule has 33 heavy (non-hydrogen) atoms. The number of carbonyl (C=O) groups excluding carboxylic acids is 2. The minimum absolute atomic E-state index is 0.0257. The molecule has 2 aromatic carbocycles.